The van der Waals surface area contributed by atoms with Gasteiger partial charge < -0.3 is 10.6 Å². The van der Waals surface area contributed by atoms with Gasteiger partial charge in [0.25, 0.3) is 5.91 Å². The highest BCUT2D eigenvalue weighted by molar-refractivity contribution is 6.00. The van der Waals surface area contributed by atoms with Crippen molar-refractivity contribution in [2.75, 3.05) is 12.4 Å². The van der Waals surface area contributed by atoms with Crippen LogP contribution in [-0.2, 0) is 6.18 Å². The van der Waals surface area contributed by atoms with Gasteiger partial charge in [0, 0.05) is 18.8 Å². The van der Waals surface area contributed by atoms with Gasteiger partial charge in [-0.1, -0.05) is 13.8 Å². The minimum absolute atomic E-state index is 0.00854. The van der Waals surface area contributed by atoms with E-state index in [2.05, 4.69) is 10.6 Å². The van der Waals surface area contributed by atoms with Crippen molar-refractivity contribution in [3.63, 3.8) is 0 Å². The number of alkyl halides is 3. The van der Waals surface area contributed by atoms with Crippen LogP contribution >= 0.6 is 0 Å². The number of hydrogen-bond acceptors (Lipinski definition) is 2. The molecule has 0 atom stereocenters. The predicted octanol–water partition coefficient (Wildman–Crippen LogP) is 3.67. The van der Waals surface area contributed by atoms with Gasteiger partial charge in [-0.15, -0.1) is 0 Å². The van der Waals surface area contributed by atoms with Crippen molar-refractivity contribution >= 4 is 11.6 Å². The maximum atomic E-state index is 12.7. The number of halogens is 3. The molecule has 0 fully saturated rings. The van der Waals surface area contributed by atoms with Crippen molar-refractivity contribution < 1.29 is 18.0 Å². The number of hydrogen-bond donors (Lipinski definition) is 2. The lowest BCUT2D eigenvalue weighted by Crippen LogP contribution is -2.34. The van der Waals surface area contributed by atoms with Crippen LogP contribution in [-0.4, -0.2) is 19.0 Å². The Morgan fingerprint density at radius 2 is 1.85 bits per heavy atom. The topological polar surface area (TPSA) is 41.1 Å². The Bertz CT molecular complexity index is 468. The summed E-state index contributed by atoms with van der Waals surface area (Å²) in [7, 11) is 1.57. The predicted molar refractivity (Wildman–Crippen MR) is 72.8 cm³/mol. The lowest BCUT2D eigenvalue weighted by Gasteiger charge is -2.17. The molecule has 0 unspecified atom stereocenters. The molecule has 0 saturated carbocycles. The molecular formula is C14H19F3N2O. The van der Waals surface area contributed by atoms with Crippen LogP contribution < -0.4 is 10.6 Å². The third kappa shape index (κ3) is 3.88. The summed E-state index contributed by atoms with van der Waals surface area (Å²) in [6.45, 7) is 3.83. The lowest BCUT2D eigenvalue weighted by atomic mass is 10.1. The highest BCUT2D eigenvalue weighted by atomic mass is 19.4. The molecule has 1 aromatic rings. The van der Waals surface area contributed by atoms with E-state index in [0.717, 1.165) is 25.0 Å². The molecule has 0 radical (unpaired) electrons. The van der Waals surface area contributed by atoms with Gasteiger partial charge in [0.1, 0.15) is 0 Å². The second-order valence-corrected chi connectivity index (χ2v) is 4.50. The average molecular weight is 288 g/mol. The number of anilines is 1. The number of benzene rings is 1. The second kappa shape index (κ2) is 6.63. The van der Waals surface area contributed by atoms with Crippen molar-refractivity contribution in [3.05, 3.63) is 29.3 Å². The standard InChI is InChI=1S/C14H19F3N2O/c1-4-10(5-2)19-13(20)11-8-9(14(15,16)17)6-7-12(11)18-3/h6-8,10,18H,4-5H2,1-3H3,(H,19,20). The molecule has 0 bridgehead atoms. The molecule has 6 heteroatoms. The summed E-state index contributed by atoms with van der Waals surface area (Å²) < 4.78 is 38.1. The van der Waals surface area contributed by atoms with Gasteiger partial charge in [0.05, 0.1) is 11.1 Å². The van der Waals surface area contributed by atoms with E-state index in [9.17, 15) is 18.0 Å². The molecule has 112 valence electrons. The number of rotatable bonds is 5. The van der Waals surface area contributed by atoms with Gasteiger partial charge in [-0.2, -0.15) is 13.2 Å². The maximum Gasteiger partial charge on any atom is 0.416 e. The Kier molecular flexibility index (Phi) is 5.42. The third-order valence-corrected chi connectivity index (χ3v) is 3.18. The fraction of sp³-hybridized carbons (Fsp3) is 0.500. The highest BCUT2D eigenvalue weighted by Gasteiger charge is 2.31. The number of carbonyl (C=O) groups excluding carboxylic acids is 1. The van der Waals surface area contributed by atoms with Crippen molar-refractivity contribution in [3.8, 4) is 0 Å². The minimum atomic E-state index is -4.46. The van der Waals surface area contributed by atoms with E-state index in [-0.39, 0.29) is 11.6 Å². The monoisotopic (exact) mass is 288 g/mol. The summed E-state index contributed by atoms with van der Waals surface area (Å²) in [5, 5.41) is 5.48. The van der Waals surface area contributed by atoms with E-state index in [1.807, 2.05) is 13.8 Å². The normalized spacial score (nSPS) is 11.6. The van der Waals surface area contributed by atoms with Gasteiger partial charge >= 0.3 is 6.18 Å². The van der Waals surface area contributed by atoms with Gasteiger partial charge in [-0.05, 0) is 31.0 Å². The fourth-order valence-corrected chi connectivity index (χ4v) is 1.88. The smallest absolute Gasteiger partial charge is 0.387 e. The second-order valence-electron chi connectivity index (χ2n) is 4.50. The first-order chi connectivity index (χ1) is 9.33. The first-order valence-electron chi connectivity index (χ1n) is 6.53. The first-order valence-corrected chi connectivity index (χ1v) is 6.53. The maximum absolute atomic E-state index is 12.7. The molecule has 3 nitrogen and oxygen atoms in total. The van der Waals surface area contributed by atoms with Crippen LogP contribution in [0.1, 0.15) is 42.6 Å². The Morgan fingerprint density at radius 3 is 2.30 bits per heavy atom. The minimum Gasteiger partial charge on any atom is -0.387 e. The van der Waals surface area contributed by atoms with Crippen molar-refractivity contribution in [1.82, 2.24) is 5.32 Å². The Morgan fingerprint density at radius 1 is 1.25 bits per heavy atom. The fourth-order valence-electron chi connectivity index (χ4n) is 1.88. The van der Waals surface area contributed by atoms with Gasteiger partial charge in [-0.3, -0.25) is 4.79 Å². The lowest BCUT2D eigenvalue weighted by molar-refractivity contribution is -0.137. The molecule has 20 heavy (non-hydrogen) atoms. The molecule has 0 aliphatic carbocycles. The third-order valence-electron chi connectivity index (χ3n) is 3.18. The van der Waals surface area contributed by atoms with E-state index in [0.29, 0.717) is 5.69 Å². The largest absolute Gasteiger partial charge is 0.416 e. The van der Waals surface area contributed by atoms with E-state index in [4.69, 9.17) is 0 Å². The quantitative estimate of drug-likeness (QED) is 0.868. The average Bonchev–Trinajstić information content (AvgIpc) is 2.42. The number of carbonyl (C=O) groups is 1. The van der Waals surface area contributed by atoms with E-state index in [1.54, 1.807) is 7.05 Å². The van der Waals surface area contributed by atoms with Crippen LogP contribution in [0.4, 0.5) is 18.9 Å². The Labute approximate surface area is 116 Å². The summed E-state index contributed by atoms with van der Waals surface area (Å²) in [4.78, 5) is 12.1. The van der Waals surface area contributed by atoms with Gasteiger partial charge in [-0.25, -0.2) is 0 Å². The van der Waals surface area contributed by atoms with Crippen molar-refractivity contribution in [2.45, 2.75) is 38.9 Å². The van der Waals surface area contributed by atoms with Gasteiger partial charge in [0.2, 0.25) is 0 Å². The molecule has 0 saturated heterocycles. The Balaban J connectivity index is 3.10. The van der Waals surface area contributed by atoms with Crippen LogP contribution in [0, 0.1) is 0 Å². The molecule has 1 aromatic carbocycles. The summed E-state index contributed by atoms with van der Waals surface area (Å²) in [5.74, 6) is -0.492. The van der Waals surface area contributed by atoms with Gasteiger partial charge in [0.15, 0.2) is 0 Å². The van der Waals surface area contributed by atoms with E-state index < -0.39 is 17.6 Å². The van der Waals surface area contributed by atoms with E-state index in [1.165, 1.54) is 6.07 Å². The zero-order valence-corrected chi connectivity index (χ0v) is 11.8. The van der Waals surface area contributed by atoms with Crippen LogP contribution in [0.5, 0.6) is 0 Å². The molecule has 0 aromatic heterocycles. The SMILES string of the molecule is CCC(CC)NC(=O)c1cc(C(F)(F)F)ccc1NC. The highest BCUT2D eigenvalue weighted by Crippen LogP contribution is 2.31. The molecule has 1 rings (SSSR count). The van der Waals surface area contributed by atoms with Crippen LogP contribution in [0.2, 0.25) is 0 Å². The summed E-state index contributed by atoms with van der Waals surface area (Å²) in [5.41, 5.74) is -0.443. The molecule has 0 spiro atoms. The van der Waals surface area contributed by atoms with Crippen LogP contribution in [0.3, 0.4) is 0 Å². The molecule has 0 heterocycles. The zero-order chi connectivity index (χ0) is 15.3. The number of nitrogens with one attached hydrogen (secondary N) is 2. The van der Waals surface area contributed by atoms with Crippen LogP contribution in [0.25, 0.3) is 0 Å². The number of amides is 1. The summed E-state index contributed by atoms with van der Waals surface area (Å²) in [6.07, 6.45) is -3.00. The molecule has 0 aliphatic rings. The summed E-state index contributed by atoms with van der Waals surface area (Å²) in [6, 6.07) is 3.07. The molecule has 2 N–H and O–H groups in total. The van der Waals surface area contributed by atoms with E-state index >= 15 is 0 Å². The first kappa shape index (κ1) is 16.3. The van der Waals surface area contributed by atoms with Crippen molar-refractivity contribution in [1.29, 1.82) is 0 Å². The molecule has 0 aliphatic heterocycles. The summed E-state index contributed by atoms with van der Waals surface area (Å²) >= 11 is 0. The van der Waals surface area contributed by atoms with Crippen molar-refractivity contribution in [2.24, 2.45) is 0 Å². The zero-order valence-electron chi connectivity index (χ0n) is 11.8. The Hall–Kier alpha value is -1.72. The molecular weight excluding hydrogens is 269 g/mol. The molecule has 1 amide bonds. The van der Waals surface area contributed by atoms with Crippen LogP contribution in [0.15, 0.2) is 18.2 Å².